The average Bonchev–Trinajstić information content (AvgIpc) is 2.20. The van der Waals surface area contributed by atoms with E-state index in [0.717, 1.165) is 25.7 Å². The topological polar surface area (TPSA) is 63.3 Å². The molecule has 3 nitrogen and oxygen atoms in total. The molecule has 3 atom stereocenters. The van der Waals surface area contributed by atoms with E-state index in [9.17, 15) is 4.79 Å². The third-order valence-electron chi connectivity index (χ3n) is 4.49. The molecule has 3 unspecified atom stereocenters. The molecule has 1 aliphatic rings. The van der Waals surface area contributed by atoms with E-state index in [1.165, 1.54) is 0 Å². The lowest BCUT2D eigenvalue weighted by molar-refractivity contribution is -0.138. The van der Waals surface area contributed by atoms with Crippen LogP contribution in [0.1, 0.15) is 52.9 Å². The van der Waals surface area contributed by atoms with E-state index >= 15 is 0 Å². The third-order valence-corrected chi connectivity index (χ3v) is 4.49. The summed E-state index contributed by atoms with van der Waals surface area (Å²) in [7, 11) is 0. The number of nitrogens with two attached hydrogens (primary N) is 1. The van der Waals surface area contributed by atoms with Crippen LogP contribution >= 0.6 is 0 Å². The quantitative estimate of drug-likeness (QED) is 0.776. The maximum Gasteiger partial charge on any atom is 0.303 e. The maximum atomic E-state index is 10.8. The van der Waals surface area contributed by atoms with Crippen LogP contribution in [0.25, 0.3) is 0 Å². The number of carboxylic acids is 1. The number of rotatable bonds is 4. The number of hydrogen-bond acceptors (Lipinski definition) is 2. The van der Waals surface area contributed by atoms with Crippen LogP contribution in [0, 0.1) is 17.3 Å². The van der Waals surface area contributed by atoms with Crippen molar-refractivity contribution in [1.29, 1.82) is 0 Å². The molecule has 1 aliphatic carbocycles. The first-order valence-electron chi connectivity index (χ1n) is 6.34. The standard InChI is InChI=1S/C13H25NO2/c1-4-13(2,3)10-5-6-11(14)9(7-10)8-12(15)16/h9-11H,4-8,14H2,1-3H3,(H,15,16). The SMILES string of the molecule is CCC(C)(C)C1CCC(N)C(CC(=O)O)C1. The fourth-order valence-electron chi connectivity index (χ4n) is 2.74. The molecule has 1 fully saturated rings. The van der Waals surface area contributed by atoms with Crippen molar-refractivity contribution < 1.29 is 9.90 Å². The van der Waals surface area contributed by atoms with Gasteiger partial charge < -0.3 is 10.8 Å². The van der Waals surface area contributed by atoms with Crippen molar-refractivity contribution in [2.75, 3.05) is 0 Å². The van der Waals surface area contributed by atoms with Gasteiger partial charge in [0.25, 0.3) is 0 Å². The molecular formula is C13H25NO2. The second-order valence-electron chi connectivity index (χ2n) is 5.87. The summed E-state index contributed by atoms with van der Waals surface area (Å²) in [6, 6.07) is 0.0833. The second kappa shape index (κ2) is 5.17. The molecule has 0 aliphatic heterocycles. The zero-order valence-electron chi connectivity index (χ0n) is 10.7. The minimum Gasteiger partial charge on any atom is -0.481 e. The summed E-state index contributed by atoms with van der Waals surface area (Å²) in [6.45, 7) is 6.78. The van der Waals surface area contributed by atoms with Crippen LogP contribution < -0.4 is 5.73 Å². The Kier molecular flexibility index (Phi) is 4.36. The highest BCUT2D eigenvalue weighted by Gasteiger charge is 2.36. The first-order valence-corrected chi connectivity index (χ1v) is 6.34. The van der Waals surface area contributed by atoms with Crippen LogP contribution in [0.2, 0.25) is 0 Å². The van der Waals surface area contributed by atoms with Gasteiger partial charge in [0, 0.05) is 12.5 Å². The van der Waals surface area contributed by atoms with Gasteiger partial charge in [0.2, 0.25) is 0 Å². The Morgan fingerprint density at radius 1 is 1.44 bits per heavy atom. The van der Waals surface area contributed by atoms with E-state index in [4.69, 9.17) is 10.8 Å². The molecule has 0 radical (unpaired) electrons. The summed E-state index contributed by atoms with van der Waals surface area (Å²) in [5.41, 5.74) is 6.33. The van der Waals surface area contributed by atoms with Crippen molar-refractivity contribution in [3.8, 4) is 0 Å². The van der Waals surface area contributed by atoms with Crippen LogP contribution in [0.15, 0.2) is 0 Å². The van der Waals surface area contributed by atoms with Crippen molar-refractivity contribution in [3.05, 3.63) is 0 Å². The summed E-state index contributed by atoms with van der Waals surface area (Å²) in [5, 5.41) is 8.87. The predicted molar refractivity (Wildman–Crippen MR) is 65.1 cm³/mol. The van der Waals surface area contributed by atoms with Crippen molar-refractivity contribution >= 4 is 5.97 Å². The van der Waals surface area contributed by atoms with Gasteiger partial charge in [-0.15, -0.1) is 0 Å². The Balaban J connectivity index is 2.63. The molecule has 0 aromatic carbocycles. The van der Waals surface area contributed by atoms with Gasteiger partial charge in [-0.2, -0.15) is 0 Å². The van der Waals surface area contributed by atoms with Gasteiger partial charge in [-0.25, -0.2) is 0 Å². The van der Waals surface area contributed by atoms with Gasteiger partial charge >= 0.3 is 5.97 Å². The summed E-state index contributed by atoms with van der Waals surface area (Å²) >= 11 is 0. The molecule has 1 saturated carbocycles. The fourth-order valence-corrected chi connectivity index (χ4v) is 2.74. The van der Waals surface area contributed by atoms with E-state index in [0.29, 0.717) is 11.3 Å². The lowest BCUT2D eigenvalue weighted by Gasteiger charge is -2.41. The maximum absolute atomic E-state index is 10.8. The highest BCUT2D eigenvalue weighted by atomic mass is 16.4. The number of aliphatic carboxylic acids is 1. The predicted octanol–water partition coefficient (Wildman–Crippen LogP) is 2.64. The van der Waals surface area contributed by atoms with Gasteiger partial charge in [-0.3, -0.25) is 4.79 Å². The first-order chi connectivity index (χ1) is 7.36. The second-order valence-corrected chi connectivity index (χ2v) is 5.87. The summed E-state index contributed by atoms with van der Waals surface area (Å²) in [5.74, 6) is 0.0825. The van der Waals surface area contributed by atoms with Crippen molar-refractivity contribution in [2.24, 2.45) is 23.0 Å². The van der Waals surface area contributed by atoms with E-state index in [2.05, 4.69) is 20.8 Å². The molecule has 3 heteroatoms. The molecule has 94 valence electrons. The van der Waals surface area contributed by atoms with E-state index in [1.54, 1.807) is 0 Å². The Morgan fingerprint density at radius 3 is 2.56 bits per heavy atom. The zero-order valence-corrected chi connectivity index (χ0v) is 10.7. The smallest absolute Gasteiger partial charge is 0.303 e. The largest absolute Gasteiger partial charge is 0.481 e. The van der Waals surface area contributed by atoms with Gasteiger partial charge in [0.15, 0.2) is 0 Å². The third kappa shape index (κ3) is 3.21. The van der Waals surface area contributed by atoms with Gasteiger partial charge in [0.05, 0.1) is 0 Å². The lowest BCUT2D eigenvalue weighted by atomic mass is 9.65. The molecular weight excluding hydrogens is 202 g/mol. The number of hydrogen-bond donors (Lipinski definition) is 2. The zero-order chi connectivity index (χ0) is 12.3. The number of carboxylic acid groups (broad SMARTS) is 1. The highest BCUT2D eigenvalue weighted by Crippen LogP contribution is 2.42. The minimum absolute atomic E-state index is 0.0833. The van der Waals surface area contributed by atoms with Crippen LogP contribution in [0.5, 0.6) is 0 Å². The molecule has 0 spiro atoms. The Morgan fingerprint density at radius 2 is 2.06 bits per heavy atom. The monoisotopic (exact) mass is 227 g/mol. The van der Waals surface area contributed by atoms with Gasteiger partial charge in [-0.05, 0) is 36.5 Å². The Labute approximate surface area is 98.4 Å². The molecule has 0 amide bonds. The lowest BCUT2D eigenvalue weighted by Crippen LogP contribution is -2.41. The average molecular weight is 227 g/mol. The van der Waals surface area contributed by atoms with E-state index in [1.807, 2.05) is 0 Å². The van der Waals surface area contributed by atoms with Crippen molar-refractivity contribution in [3.63, 3.8) is 0 Å². The van der Waals surface area contributed by atoms with Crippen LogP contribution in [-0.2, 0) is 4.79 Å². The highest BCUT2D eigenvalue weighted by molar-refractivity contribution is 5.67. The van der Waals surface area contributed by atoms with E-state index < -0.39 is 5.97 Å². The molecule has 0 aromatic heterocycles. The van der Waals surface area contributed by atoms with Crippen LogP contribution in [0.3, 0.4) is 0 Å². The van der Waals surface area contributed by atoms with Crippen LogP contribution in [0.4, 0.5) is 0 Å². The normalized spacial score (nSPS) is 31.4. The summed E-state index contributed by atoms with van der Waals surface area (Å²) < 4.78 is 0. The Hall–Kier alpha value is -0.570. The fraction of sp³-hybridized carbons (Fsp3) is 0.923. The molecule has 0 heterocycles. The minimum atomic E-state index is -0.713. The molecule has 3 N–H and O–H groups in total. The van der Waals surface area contributed by atoms with Crippen molar-refractivity contribution in [2.45, 2.75) is 58.9 Å². The first kappa shape index (κ1) is 13.5. The number of carbonyl (C=O) groups is 1. The summed E-state index contributed by atoms with van der Waals surface area (Å²) in [4.78, 5) is 10.8. The molecule has 16 heavy (non-hydrogen) atoms. The van der Waals surface area contributed by atoms with Gasteiger partial charge in [-0.1, -0.05) is 27.2 Å². The molecule has 0 aromatic rings. The van der Waals surface area contributed by atoms with Gasteiger partial charge in [0.1, 0.15) is 0 Å². The van der Waals surface area contributed by atoms with Crippen molar-refractivity contribution in [1.82, 2.24) is 0 Å². The molecule has 1 rings (SSSR count). The molecule has 0 bridgehead atoms. The van der Waals surface area contributed by atoms with Crippen LogP contribution in [-0.4, -0.2) is 17.1 Å². The summed E-state index contributed by atoms with van der Waals surface area (Å²) in [6.07, 6.45) is 4.49. The Bertz CT molecular complexity index is 250. The molecule has 0 saturated heterocycles. The van der Waals surface area contributed by atoms with E-state index in [-0.39, 0.29) is 18.4 Å².